The van der Waals surface area contributed by atoms with Crippen molar-refractivity contribution in [3.63, 3.8) is 0 Å². The van der Waals surface area contributed by atoms with Crippen LogP contribution in [0, 0.1) is 6.92 Å². The summed E-state index contributed by atoms with van der Waals surface area (Å²) in [6.07, 6.45) is 6.19. The van der Waals surface area contributed by atoms with Gasteiger partial charge in [0.15, 0.2) is 11.2 Å². The Kier molecular flexibility index (Phi) is 3.81. The van der Waals surface area contributed by atoms with E-state index in [-0.39, 0.29) is 6.10 Å². The first-order chi connectivity index (χ1) is 11.8. The predicted molar refractivity (Wildman–Crippen MR) is 88.7 cm³/mol. The maximum Gasteiger partial charge on any atom is 0.245 e. The van der Waals surface area contributed by atoms with Gasteiger partial charge >= 0.3 is 0 Å². The van der Waals surface area contributed by atoms with Crippen LogP contribution in [0.3, 0.4) is 0 Å². The molecule has 1 aliphatic heterocycles. The molecule has 1 aliphatic rings. The zero-order valence-corrected chi connectivity index (χ0v) is 13.7. The van der Waals surface area contributed by atoms with Gasteiger partial charge in [0.2, 0.25) is 5.88 Å². The number of imidazole rings is 1. The van der Waals surface area contributed by atoms with E-state index in [0.717, 1.165) is 48.9 Å². The van der Waals surface area contributed by atoms with E-state index >= 15 is 0 Å². The van der Waals surface area contributed by atoms with E-state index < -0.39 is 0 Å². The Hall–Kier alpha value is -2.61. The zero-order valence-electron chi connectivity index (χ0n) is 13.7. The third kappa shape index (κ3) is 2.58. The molecule has 0 spiro atoms. The van der Waals surface area contributed by atoms with Crippen molar-refractivity contribution in [2.24, 2.45) is 0 Å². The van der Waals surface area contributed by atoms with Crippen LogP contribution in [0.5, 0.6) is 5.88 Å². The minimum absolute atomic E-state index is 0.126. The van der Waals surface area contributed by atoms with Gasteiger partial charge in [0, 0.05) is 25.5 Å². The highest BCUT2D eigenvalue weighted by molar-refractivity contribution is 5.81. The van der Waals surface area contributed by atoms with Crippen LogP contribution in [0.15, 0.2) is 18.7 Å². The number of aryl methyl sites for hydroxylation is 2. The van der Waals surface area contributed by atoms with Gasteiger partial charge in [0.1, 0.15) is 24.1 Å². The summed E-state index contributed by atoms with van der Waals surface area (Å²) in [6.45, 7) is 6.46. The Labute approximate surface area is 139 Å². The van der Waals surface area contributed by atoms with Crippen LogP contribution in [0.25, 0.3) is 22.6 Å². The van der Waals surface area contributed by atoms with Crippen LogP contribution in [0.1, 0.15) is 19.2 Å². The Bertz CT molecular complexity index is 853. The molecule has 4 heterocycles. The molecule has 124 valence electrons. The van der Waals surface area contributed by atoms with E-state index in [1.54, 1.807) is 12.4 Å². The smallest absolute Gasteiger partial charge is 0.245 e. The van der Waals surface area contributed by atoms with Crippen LogP contribution in [-0.2, 0) is 6.54 Å². The van der Waals surface area contributed by atoms with Gasteiger partial charge in [-0.2, -0.15) is 4.98 Å². The van der Waals surface area contributed by atoms with Crippen LogP contribution in [0.4, 0.5) is 0 Å². The van der Waals surface area contributed by atoms with E-state index in [0.29, 0.717) is 11.4 Å². The average Bonchev–Trinajstić information content (AvgIpc) is 3.23. The van der Waals surface area contributed by atoms with Crippen LogP contribution < -0.4 is 10.1 Å². The molecule has 3 aromatic heterocycles. The highest BCUT2D eigenvalue weighted by atomic mass is 16.5. The molecule has 0 saturated carbocycles. The zero-order chi connectivity index (χ0) is 16.5. The van der Waals surface area contributed by atoms with Crippen molar-refractivity contribution in [2.75, 3.05) is 13.1 Å². The molecule has 8 heteroatoms. The predicted octanol–water partition coefficient (Wildman–Crippen LogP) is 1.35. The molecule has 4 rings (SSSR count). The topological polar surface area (TPSA) is 90.6 Å². The summed E-state index contributed by atoms with van der Waals surface area (Å²) in [5.41, 5.74) is 2.31. The van der Waals surface area contributed by atoms with Crippen LogP contribution >= 0.6 is 0 Å². The molecule has 3 aromatic rings. The molecule has 0 radical (unpaired) electrons. The number of nitrogens with zero attached hydrogens (tertiary/aromatic N) is 6. The molecule has 0 bridgehead atoms. The van der Waals surface area contributed by atoms with Gasteiger partial charge < -0.3 is 14.6 Å². The normalized spacial score (nSPS) is 17.5. The van der Waals surface area contributed by atoms with E-state index in [2.05, 4.69) is 32.2 Å². The van der Waals surface area contributed by atoms with E-state index in [9.17, 15) is 0 Å². The van der Waals surface area contributed by atoms with Gasteiger partial charge in [-0.1, -0.05) is 0 Å². The van der Waals surface area contributed by atoms with E-state index in [1.165, 1.54) is 6.33 Å². The summed E-state index contributed by atoms with van der Waals surface area (Å²) in [7, 11) is 0. The summed E-state index contributed by atoms with van der Waals surface area (Å²) in [5, 5.41) is 3.29. The van der Waals surface area contributed by atoms with Crippen molar-refractivity contribution in [1.29, 1.82) is 0 Å². The summed E-state index contributed by atoms with van der Waals surface area (Å²) < 4.78 is 8.07. The monoisotopic (exact) mass is 325 g/mol. The highest BCUT2D eigenvalue weighted by Gasteiger charge is 2.22. The average molecular weight is 325 g/mol. The quantitative estimate of drug-likeness (QED) is 0.774. The van der Waals surface area contributed by atoms with Crippen LogP contribution in [0.2, 0.25) is 0 Å². The molecule has 1 N–H and O–H groups in total. The van der Waals surface area contributed by atoms with Crippen molar-refractivity contribution in [3.05, 3.63) is 24.5 Å². The molecule has 8 nitrogen and oxygen atoms in total. The third-order valence-electron chi connectivity index (χ3n) is 4.15. The summed E-state index contributed by atoms with van der Waals surface area (Å²) in [5.74, 6) is 2.05. The summed E-state index contributed by atoms with van der Waals surface area (Å²) >= 11 is 0. The number of hydrogen-bond donors (Lipinski definition) is 1. The number of hydrogen-bond acceptors (Lipinski definition) is 7. The van der Waals surface area contributed by atoms with Gasteiger partial charge in [-0.25, -0.2) is 19.9 Å². The Balaban J connectivity index is 1.81. The molecule has 0 aliphatic carbocycles. The van der Waals surface area contributed by atoms with Crippen molar-refractivity contribution >= 4 is 11.2 Å². The molecular weight excluding hydrogens is 306 g/mol. The minimum atomic E-state index is 0.126. The first kappa shape index (κ1) is 14.9. The first-order valence-corrected chi connectivity index (χ1v) is 8.14. The third-order valence-corrected chi connectivity index (χ3v) is 4.15. The number of ether oxygens (including phenoxy) is 1. The number of rotatable bonds is 4. The minimum Gasteiger partial charge on any atom is -0.471 e. The maximum atomic E-state index is 6.04. The Morgan fingerprint density at radius 1 is 1.25 bits per heavy atom. The molecule has 0 unspecified atom stereocenters. The van der Waals surface area contributed by atoms with E-state index in [4.69, 9.17) is 9.72 Å². The molecule has 1 fully saturated rings. The SMILES string of the molecule is CCn1c(-c2cnc(C)nc2)nc2c(O[C@H]3CCNC3)ncnc21. The standard InChI is InChI=1S/C16H19N7O/c1-3-23-14(11-6-18-10(2)19-7-11)22-13-15(23)20-9-21-16(13)24-12-4-5-17-8-12/h6-7,9,12,17H,3-5,8H2,1-2H3/t12-/m0/s1. The molecule has 0 aromatic carbocycles. The second kappa shape index (κ2) is 6.12. The molecule has 0 amide bonds. The fourth-order valence-corrected chi connectivity index (χ4v) is 2.92. The Morgan fingerprint density at radius 3 is 2.79 bits per heavy atom. The maximum absolute atomic E-state index is 6.04. The van der Waals surface area contributed by atoms with Crippen molar-refractivity contribution in [1.82, 2.24) is 34.8 Å². The first-order valence-electron chi connectivity index (χ1n) is 8.14. The van der Waals surface area contributed by atoms with Gasteiger partial charge in [0.25, 0.3) is 0 Å². The largest absolute Gasteiger partial charge is 0.471 e. The van der Waals surface area contributed by atoms with Gasteiger partial charge in [-0.3, -0.25) is 0 Å². The van der Waals surface area contributed by atoms with Gasteiger partial charge in [-0.05, 0) is 26.8 Å². The van der Waals surface area contributed by atoms with Gasteiger partial charge in [0.05, 0.1) is 5.56 Å². The summed E-state index contributed by atoms with van der Waals surface area (Å²) in [4.78, 5) is 22.0. The van der Waals surface area contributed by atoms with E-state index in [1.807, 2.05) is 11.5 Å². The number of fused-ring (bicyclic) bond motifs is 1. The van der Waals surface area contributed by atoms with Crippen LogP contribution in [-0.4, -0.2) is 48.7 Å². The lowest BCUT2D eigenvalue weighted by molar-refractivity contribution is 0.216. The summed E-state index contributed by atoms with van der Waals surface area (Å²) in [6, 6.07) is 0. The lowest BCUT2D eigenvalue weighted by Crippen LogP contribution is -2.20. The van der Waals surface area contributed by atoms with Crippen molar-refractivity contribution in [3.8, 4) is 17.3 Å². The molecule has 24 heavy (non-hydrogen) atoms. The highest BCUT2D eigenvalue weighted by Crippen LogP contribution is 2.28. The molecule has 1 atom stereocenters. The van der Waals surface area contributed by atoms with Crippen molar-refractivity contribution in [2.45, 2.75) is 32.9 Å². The fourth-order valence-electron chi connectivity index (χ4n) is 2.92. The second-order valence-electron chi connectivity index (χ2n) is 5.78. The van der Waals surface area contributed by atoms with Crippen molar-refractivity contribution < 1.29 is 4.74 Å². The second-order valence-corrected chi connectivity index (χ2v) is 5.78. The lowest BCUT2D eigenvalue weighted by atomic mass is 10.3. The Morgan fingerprint density at radius 2 is 2.08 bits per heavy atom. The van der Waals surface area contributed by atoms with Gasteiger partial charge in [-0.15, -0.1) is 0 Å². The number of aromatic nitrogens is 6. The lowest BCUT2D eigenvalue weighted by Gasteiger charge is -2.11. The molecular formula is C16H19N7O. The fraction of sp³-hybridized carbons (Fsp3) is 0.438. The molecule has 1 saturated heterocycles. The number of nitrogens with one attached hydrogen (secondary N) is 1.